The molecule has 0 aromatic heterocycles. The van der Waals surface area contributed by atoms with Gasteiger partial charge in [-0.05, 0) is 41.5 Å². The number of amides is 1. The lowest BCUT2D eigenvalue weighted by Crippen LogP contribution is -2.40. The van der Waals surface area contributed by atoms with Crippen molar-refractivity contribution < 1.29 is 22.7 Å². The van der Waals surface area contributed by atoms with Gasteiger partial charge in [0, 0.05) is 6.54 Å². The largest absolute Gasteiger partial charge is 0.497 e. The number of anilines is 1. The van der Waals surface area contributed by atoms with Crippen LogP contribution in [0.5, 0.6) is 11.5 Å². The van der Waals surface area contributed by atoms with Gasteiger partial charge in [0.25, 0.3) is 10.0 Å². The molecule has 0 saturated heterocycles. The Balaban J connectivity index is 1.84. The summed E-state index contributed by atoms with van der Waals surface area (Å²) in [4.78, 5) is 12.8. The second-order valence-corrected chi connectivity index (χ2v) is 8.81. The quantitative estimate of drug-likeness (QED) is 0.491. The van der Waals surface area contributed by atoms with Crippen molar-refractivity contribution in [3.8, 4) is 11.5 Å². The van der Waals surface area contributed by atoms with Gasteiger partial charge in [-0.25, -0.2) is 8.42 Å². The molecule has 3 aromatic carbocycles. The molecule has 0 unspecified atom stereocenters. The van der Waals surface area contributed by atoms with Gasteiger partial charge in [0.05, 0.1) is 25.3 Å². The van der Waals surface area contributed by atoms with E-state index >= 15 is 0 Å². The maximum atomic E-state index is 13.3. The number of rotatable bonds is 10. The topological polar surface area (TPSA) is 84.9 Å². The van der Waals surface area contributed by atoms with Crippen LogP contribution in [0, 0.1) is 0 Å². The Morgan fingerprint density at radius 3 is 2.39 bits per heavy atom. The van der Waals surface area contributed by atoms with E-state index in [1.807, 2.05) is 30.3 Å². The van der Waals surface area contributed by atoms with Crippen LogP contribution in [0.15, 0.2) is 84.3 Å². The molecule has 0 saturated carbocycles. The van der Waals surface area contributed by atoms with Crippen molar-refractivity contribution in [2.75, 3.05) is 25.1 Å². The number of methoxy groups -OCH3 is 2. The van der Waals surface area contributed by atoms with E-state index in [1.165, 1.54) is 13.2 Å². The Labute approximate surface area is 194 Å². The molecule has 0 atom stereocenters. The highest BCUT2D eigenvalue weighted by molar-refractivity contribution is 7.95. The maximum absolute atomic E-state index is 13.3. The fourth-order valence-corrected chi connectivity index (χ4v) is 4.32. The summed E-state index contributed by atoms with van der Waals surface area (Å²) in [5.41, 5.74) is 1.83. The average Bonchev–Trinajstić information content (AvgIpc) is 2.85. The molecule has 7 nitrogen and oxygen atoms in total. The van der Waals surface area contributed by atoms with Crippen LogP contribution in [-0.2, 0) is 21.4 Å². The lowest BCUT2D eigenvalue weighted by atomic mass is 10.2. The van der Waals surface area contributed by atoms with Crippen molar-refractivity contribution in [3.05, 3.63) is 95.4 Å². The zero-order chi connectivity index (χ0) is 23.7. The summed E-state index contributed by atoms with van der Waals surface area (Å²) in [6.07, 6.45) is 1.49. The Bertz CT molecular complexity index is 1210. The summed E-state index contributed by atoms with van der Waals surface area (Å²) in [7, 11) is -0.986. The number of hydrogen-bond donors (Lipinski definition) is 1. The van der Waals surface area contributed by atoms with Gasteiger partial charge in [-0.3, -0.25) is 9.10 Å². The first-order valence-electron chi connectivity index (χ1n) is 10.2. The molecule has 0 aliphatic heterocycles. The summed E-state index contributed by atoms with van der Waals surface area (Å²) in [5.74, 6) is 0.557. The normalized spacial score (nSPS) is 11.2. The molecular weight excluding hydrogens is 440 g/mol. The summed E-state index contributed by atoms with van der Waals surface area (Å²) < 4.78 is 38.1. The lowest BCUT2D eigenvalue weighted by molar-refractivity contribution is -0.119. The van der Waals surface area contributed by atoms with E-state index in [4.69, 9.17) is 9.47 Å². The number of nitrogens with one attached hydrogen (secondary N) is 1. The number of benzene rings is 3. The van der Waals surface area contributed by atoms with E-state index in [1.54, 1.807) is 55.6 Å². The van der Waals surface area contributed by atoms with Gasteiger partial charge >= 0.3 is 0 Å². The number of sulfonamides is 1. The summed E-state index contributed by atoms with van der Waals surface area (Å²) in [5, 5.41) is 3.86. The molecule has 0 spiro atoms. The smallest absolute Gasteiger partial charge is 0.258 e. The molecule has 0 aliphatic rings. The van der Waals surface area contributed by atoms with E-state index < -0.39 is 22.5 Å². The van der Waals surface area contributed by atoms with Crippen LogP contribution in [0.2, 0.25) is 0 Å². The van der Waals surface area contributed by atoms with Crippen LogP contribution in [-0.4, -0.2) is 35.1 Å². The molecule has 172 valence electrons. The molecule has 0 aliphatic carbocycles. The molecule has 8 heteroatoms. The summed E-state index contributed by atoms with van der Waals surface area (Å²) in [6.45, 7) is -0.179. The third-order valence-corrected chi connectivity index (χ3v) is 6.22. The Kier molecular flexibility index (Phi) is 8.10. The first kappa shape index (κ1) is 23.9. The van der Waals surface area contributed by atoms with Crippen molar-refractivity contribution in [2.45, 2.75) is 6.54 Å². The molecule has 3 rings (SSSR count). The van der Waals surface area contributed by atoms with E-state index in [9.17, 15) is 13.2 Å². The Hall–Kier alpha value is -3.78. The minimum absolute atomic E-state index is 0.232. The number of ether oxygens (including phenoxy) is 2. The van der Waals surface area contributed by atoms with Crippen LogP contribution in [0.25, 0.3) is 6.08 Å². The SMILES string of the molecule is COc1cccc(CNC(=O)CN(c2ccccc2OC)S(=O)(=O)C=Cc2ccccc2)c1. The molecule has 0 bridgehead atoms. The monoisotopic (exact) mass is 466 g/mol. The van der Waals surface area contributed by atoms with E-state index in [2.05, 4.69) is 5.32 Å². The van der Waals surface area contributed by atoms with E-state index in [0.29, 0.717) is 11.5 Å². The fourth-order valence-electron chi connectivity index (χ4n) is 3.12. The third-order valence-electron chi connectivity index (χ3n) is 4.80. The molecular formula is C25H26N2O5S. The summed E-state index contributed by atoms with van der Waals surface area (Å²) >= 11 is 0. The molecule has 1 amide bonds. The summed E-state index contributed by atoms with van der Waals surface area (Å²) in [6, 6.07) is 23.0. The van der Waals surface area contributed by atoms with Gasteiger partial charge in [0.2, 0.25) is 5.91 Å². The van der Waals surface area contributed by atoms with Crippen LogP contribution >= 0.6 is 0 Å². The number of hydrogen-bond acceptors (Lipinski definition) is 5. The average molecular weight is 467 g/mol. The molecule has 1 N–H and O–H groups in total. The minimum atomic E-state index is -4.00. The first-order valence-corrected chi connectivity index (χ1v) is 11.7. The second-order valence-electron chi connectivity index (χ2n) is 7.07. The van der Waals surface area contributed by atoms with Gasteiger partial charge in [-0.2, -0.15) is 0 Å². The highest BCUT2D eigenvalue weighted by Gasteiger charge is 2.25. The van der Waals surface area contributed by atoms with E-state index in [-0.39, 0.29) is 12.2 Å². The van der Waals surface area contributed by atoms with Crippen LogP contribution < -0.4 is 19.1 Å². The van der Waals surface area contributed by atoms with Crippen molar-refractivity contribution >= 4 is 27.7 Å². The zero-order valence-electron chi connectivity index (χ0n) is 18.5. The third kappa shape index (κ3) is 6.60. The van der Waals surface area contributed by atoms with Crippen LogP contribution in [0.1, 0.15) is 11.1 Å². The fraction of sp³-hybridized carbons (Fsp3) is 0.160. The standard InChI is InChI=1S/C25H26N2O5S/c1-31-22-12-8-11-21(17-22)18-26-25(28)19-27(23-13-6-7-14-24(23)32-2)33(29,30)16-15-20-9-4-3-5-10-20/h3-17H,18-19H2,1-2H3,(H,26,28). The van der Waals surface area contributed by atoms with E-state index in [0.717, 1.165) is 20.8 Å². The highest BCUT2D eigenvalue weighted by Crippen LogP contribution is 2.30. The first-order chi connectivity index (χ1) is 15.9. The van der Waals surface area contributed by atoms with Gasteiger partial charge in [0.1, 0.15) is 18.0 Å². The minimum Gasteiger partial charge on any atom is -0.497 e. The predicted octanol–water partition coefficient (Wildman–Crippen LogP) is 3.83. The molecule has 33 heavy (non-hydrogen) atoms. The number of carbonyl (C=O) groups is 1. The van der Waals surface area contributed by atoms with Crippen molar-refractivity contribution in [1.29, 1.82) is 0 Å². The van der Waals surface area contributed by atoms with Gasteiger partial charge in [-0.15, -0.1) is 0 Å². The van der Waals surface area contributed by atoms with Crippen molar-refractivity contribution in [1.82, 2.24) is 5.32 Å². The molecule has 0 heterocycles. The Morgan fingerprint density at radius 1 is 0.939 bits per heavy atom. The number of nitrogens with zero attached hydrogens (tertiary/aromatic N) is 1. The maximum Gasteiger partial charge on any atom is 0.258 e. The van der Waals surface area contributed by atoms with Crippen LogP contribution in [0.4, 0.5) is 5.69 Å². The predicted molar refractivity (Wildman–Crippen MR) is 130 cm³/mol. The zero-order valence-corrected chi connectivity index (χ0v) is 19.3. The van der Waals surface area contributed by atoms with Crippen molar-refractivity contribution in [3.63, 3.8) is 0 Å². The lowest BCUT2D eigenvalue weighted by Gasteiger charge is -2.24. The van der Waals surface area contributed by atoms with Crippen molar-refractivity contribution in [2.24, 2.45) is 0 Å². The second kappa shape index (κ2) is 11.2. The molecule has 3 aromatic rings. The molecule has 0 fully saturated rings. The van der Waals surface area contributed by atoms with Gasteiger partial charge in [0.15, 0.2) is 0 Å². The number of para-hydroxylation sites is 2. The van der Waals surface area contributed by atoms with Crippen LogP contribution in [0.3, 0.4) is 0 Å². The highest BCUT2D eigenvalue weighted by atomic mass is 32.2. The van der Waals surface area contributed by atoms with Gasteiger partial charge in [-0.1, -0.05) is 54.6 Å². The van der Waals surface area contributed by atoms with Gasteiger partial charge < -0.3 is 14.8 Å². The molecule has 0 radical (unpaired) electrons. The Morgan fingerprint density at radius 2 is 1.67 bits per heavy atom. The number of carbonyl (C=O) groups excluding carboxylic acids is 1.